The van der Waals surface area contributed by atoms with Crippen LogP contribution in [0.4, 0.5) is 5.69 Å². The molecule has 8 nitrogen and oxygen atoms in total. The van der Waals surface area contributed by atoms with Crippen LogP contribution in [0.25, 0.3) is 0 Å². The maximum absolute atomic E-state index is 12.1. The van der Waals surface area contributed by atoms with E-state index in [0.717, 1.165) is 17.1 Å². The Morgan fingerprint density at radius 3 is 2.57 bits per heavy atom. The zero-order chi connectivity index (χ0) is 15.8. The Morgan fingerprint density at radius 2 is 2.10 bits per heavy atom. The van der Waals surface area contributed by atoms with Gasteiger partial charge < -0.3 is 11.1 Å². The van der Waals surface area contributed by atoms with E-state index in [9.17, 15) is 4.79 Å². The van der Waals surface area contributed by atoms with Gasteiger partial charge in [-0.3, -0.25) is 9.48 Å². The lowest BCUT2D eigenvalue weighted by molar-refractivity contribution is -0.116. The standard InChI is InChI=1S/C13H21N7O/c1-8-12(9(2)19(5)17-8)15-11(21)7-20-6-10(16-18-20)13(3,4)14/h6H,7,14H2,1-5H3,(H,15,21). The second-order valence-corrected chi connectivity index (χ2v) is 5.74. The normalized spacial score (nSPS) is 11.7. The summed E-state index contributed by atoms with van der Waals surface area (Å²) in [4.78, 5) is 12.1. The van der Waals surface area contributed by atoms with Gasteiger partial charge in [0.05, 0.1) is 28.8 Å². The first-order valence-corrected chi connectivity index (χ1v) is 6.68. The number of hydrogen-bond acceptors (Lipinski definition) is 5. The highest BCUT2D eigenvalue weighted by atomic mass is 16.2. The zero-order valence-corrected chi connectivity index (χ0v) is 13.0. The van der Waals surface area contributed by atoms with E-state index in [2.05, 4.69) is 20.7 Å². The summed E-state index contributed by atoms with van der Waals surface area (Å²) in [6.45, 7) is 7.51. The Labute approximate surface area is 123 Å². The summed E-state index contributed by atoms with van der Waals surface area (Å²) in [6, 6.07) is 0. The molecule has 0 spiro atoms. The Kier molecular flexibility index (Phi) is 3.82. The van der Waals surface area contributed by atoms with Crippen LogP contribution in [0.15, 0.2) is 6.20 Å². The minimum atomic E-state index is -0.578. The minimum Gasteiger partial charge on any atom is -0.321 e. The fourth-order valence-electron chi connectivity index (χ4n) is 1.95. The summed E-state index contributed by atoms with van der Waals surface area (Å²) >= 11 is 0. The van der Waals surface area contributed by atoms with Crippen molar-refractivity contribution < 1.29 is 4.79 Å². The van der Waals surface area contributed by atoms with Crippen molar-refractivity contribution in [3.8, 4) is 0 Å². The average Bonchev–Trinajstić information content (AvgIpc) is 2.90. The minimum absolute atomic E-state index is 0.0802. The third kappa shape index (κ3) is 3.27. The van der Waals surface area contributed by atoms with Gasteiger partial charge in [0.25, 0.3) is 0 Å². The quantitative estimate of drug-likeness (QED) is 0.851. The van der Waals surface area contributed by atoms with E-state index in [4.69, 9.17) is 5.73 Å². The molecule has 0 atom stereocenters. The molecule has 0 unspecified atom stereocenters. The van der Waals surface area contributed by atoms with Gasteiger partial charge >= 0.3 is 0 Å². The molecule has 8 heteroatoms. The van der Waals surface area contributed by atoms with E-state index < -0.39 is 5.54 Å². The molecule has 2 aromatic heterocycles. The summed E-state index contributed by atoms with van der Waals surface area (Å²) in [5.41, 5.74) is 8.43. The summed E-state index contributed by atoms with van der Waals surface area (Å²) < 4.78 is 3.20. The molecule has 0 aliphatic rings. The third-order valence-corrected chi connectivity index (χ3v) is 3.28. The summed E-state index contributed by atoms with van der Waals surface area (Å²) in [5.74, 6) is -0.180. The van der Waals surface area contributed by atoms with Gasteiger partial charge in [-0.05, 0) is 27.7 Å². The lowest BCUT2D eigenvalue weighted by Gasteiger charge is -2.13. The highest BCUT2D eigenvalue weighted by Gasteiger charge is 2.19. The number of carbonyl (C=O) groups excluding carboxylic acids is 1. The van der Waals surface area contributed by atoms with Crippen LogP contribution in [0.5, 0.6) is 0 Å². The largest absolute Gasteiger partial charge is 0.321 e. The van der Waals surface area contributed by atoms with Crippen LogP contribution in [0.2, 0.25) is 0 Å². The average molecular weight is 291 g/mol. The van der Waals surface area contributed by atoms with Gasteiger partial charge in [0.1, 0.15) is 12.2 Å². The molecule has 0 bridgehead atoms. The molecule has 0 fully saturated rings. The van der Waals surface area contributed by atoms with Crippen molar-refractivity contribution in [1.82, 2.24) is 24.8 Å². The molecule has 0 saturated heterocycles. The van der Waals surface area contributed by atoms with Gasteiger partial charge in [-0.15, -0.1) is 5.10 Å². The predicted octanol–water partition coefficient (Wildman–Crippen LogP) is 0.461. The van der Waals surface area contributed by atoms with Crippen molar-refractivity contribution in [3.63, 3.8) is 0 Å². The molecule has 0 aliphatic carbocycles. The Bertz CT molecular complexity index is 663. The lowest BCUT2D eigenvalue weighted by Crippen LogP contribution is -2.29. The van der Waals surface area contributed by atoms with E-state index in [-0.39, 0.29) is 12.5 Å². The van der Waals surface area contributed by atoms with Crippen LogP contribution in [0, 0.1) is 13.8 Å². The van der Waals surface area contributed by atoms with E-state index in [1.165, 1.54) is 4.68 Å². The fraction of sp³-hybridized carbons (Fsp3) is 0.538. The number of aromatic nitrogens is 5. The van der Waals surface area contributed by atoms with E-state index in [1.54, 1.807) is 10.9 Å². The molecular weight excluding hydrogens is 270 g/mol. The van der Waals surface area contributed by atoms with Crippen molar-refractivity contribution in [2.24, 2.45) is 12.8 Å². The third-order valence-electron chi connectivity index (χ3n) is 3.28. The molecule has 2 rings (SSSR count). The number of rotatable bonds is 4. The van der Waals surface area contributed by atoms with E-state index in [1.807, 2.05) is 34.7 Å². The molecule has 114 valence electrons. The van der Waals surface area contributed by atoms with Gasteiger partial charge in [-0.1, -0.05) is 5.21 Å². The molecule has 2 aromatic rings. The van der Waals surface area contributed by atoms with Crippen molar-refractivity contribution in [3.05, 3.63) is 23.3 Å². The fourth-order valence-corrected chi connectivity index (χ4v) is 1.95. The van der Waals surface area contributed by atoms with Crippen molar-refractivity contribution in [2.75, 3.05) is 5.32 Å². The number of amides is 1. The second kappa shape index (κ2) is 5.28. The molecule has 3 N–H and O–H groups in total. The number of nitrogens with one attached hydrogen (secondary N) is 1. The van der Waals surface area contributed by atoms with Crippen LogP contribution in [0.3, 0.4) is 0 Å². The number of hydrogen-bond donors (Lipinski definition) is 2. The smallest absolute Gasteiger partial charge is 0.246 e. The van der Waals surface area contributed by atoms with Crippen molar-refractivity contribution >= 4 is 11.6 Å². The molecule has 0 aliphatic heterocycles. The number of aryl methyl sites for hydroxylation is 2. The number of nitrogens with two attached hydrogens (primary N) is 1. The highest BCUT2D eigenvalue weighted by Crippen LogP contribution is 2.18. The Morgan fingerprint density at radius 1 is 1.43 bits per heavy atom. The van der Waals surface area contributed by atoms with Gasteiger partial charge in [-0.2, -0.15) is 5.10 Å². The number of nitrogens with zero attached hydrogens (tertiary/aromatic N) is 5. The summed E-state index contributed by atoms with van der Waals surface area (Å²) in [7, 11) is 1.84. The molecule has 1 amide bonds. The van der Waals surface area contributed by atoms with E-state index in [0.29, 0.717) is 5.69 Å². The first-order valence-electron chi connectivity index (χ1n) is 6.68. The van der Waals surface area contributed by atoms with Crippen molar-refractivity contribution in [1.29, 1.82) is 0 Å². The summed E-state index contributed by atoms with van der Waals surface area (Å²) in [5, 5.41) is 15.0. The molecule has 0 aromatic carbocycles. The van der Waals surface area contributed by atoms with E-state index >= 15 is 0 Å². The number of carbonyl (C=O) groups is 1. The lowest BCUT2D eigenvalue weighted by atomic mass is 10.0. The first kappa shape index (κ1) is 15.2. The van der Waals surface area contributed by atoms with Crippen molar-refractivity contribution in [2.45, 2.75) is 39.8 Å². The molecule has 2 heterocycles. The molecule has 21 heavy (non-hydrogen) atoms. The maximum Gasteiger partial charge on any atom is 0.246 e. The van der Waals surface area contributed by atoms with Gasteiger partial charge in [-0.25, -0.2) is 4.68 Å². The van der Waals surface area contributed by atoms with Gasteiger partial charge in [0.15, 0.2) is 0 Å². The van der Waals surface area contributed by atoms with Gasteiger partial charge in [0.2, 0.25) is 5.91 Å². The highest BCUT2D eigenvalue weighted by molar-refractivity contribution is 5.91. The first-order chi connectivity index (χ1) is 9.68. The Balaban J connectivity index is 2.07. The number of anilines is 1. The molecule has 0 radical (unpaired) electrons. The zero-order valence-electron chi connectivity index (χ0n) is 13.0. The monoisotopic (exact) mass is 291 g/mol. The Hall–Kier alpha value is -2.22. The van der Waals surface area contributed by atoms with Crippen LogP contribution in [-0.2, 0) is 23.9 Å². The SMILES string of the molecule is Cc1nn(C)c(C)c1NC(=O)Cn1cc(C(C)(C)N)nn1. The van der Waals surface area contributed by atoms with Crippen LogP contribution in [-0.4, -0.2) is 30.7 Å². The topological polar surface area (TPSA) is 104 Å². The van der Waals surface area contributed by atoms with Crippen LogP contribution >= 0.6 is 0 Å². The molecular formula is C13H21N7O. The second-order valence-electron chi connectivity index (χ2n) is 5.74. The van der Waals surface area contributed by atoms with Crippen LogP contribution < -0.4 is 11.1 Å². The maximum atomic E-state index is 12.1. The predicted molar refractivity (Wildman–Crippen MR) is 78.5 cm³/mol. The van der Waals surface area contributed by atoms with Gasteiger partial charge in [0, 0.05) is 7.05 Å². The summed E-state index contributed by atoms with van der Waals surface area (Å²) in [6.07, 6.45) is 1.68. The molecule has 0 saturated carbocycles. The van der Waals surface area contributed by atoms with Crippen LogP contribution in [0.1, 0.15) is 30.9 Å².